The number of aromatic nitrogens is 1. The predicted molar refractivity (Wildman–Crippen MR) is 86.4 cm³/mol. The van der Waals surface area contributed by atoms with Gasteiger partial charge in [-0.1, -0.05) is 30.3 Å². The number of hydrogen-bond acceptors (Lipinski definition) is 3. The Kier molecular flexibility index (Phi) is 3.48. The number of ether oxygens (including phenoxy) is 1. The Labute approximate surface area is 124 Å². The highest BCUT2D eigenvalue weighted by atomic mass is 16.5. The molecule has 2 N–H and O–H groups in total. The average Bonchev–Trinajstić information content (AvgIpc) is 2.48. The van der Waals surface area contributed by atoms with Crippen molar-refractivity contribution in [3.8, 4) is 5.75 Å². The third-order valence-corrected chi connectivity index (χ3v) is 3.51. The van der Waals surface area contributed by atoms with Crippen LogP contribution in [0.2, 0.25) is 0 Å². The second-order valence-corrected chi connectivity index (χ2v) is 5.21. The van der Waals surface area contributed by atoms with Crippen LogP contribution in [0.25, 0.3) is 10.9 Å². The van der Waals surface area contributed by atoms with Crippen molar-refractivity contribution in [2.24, 2.45) is 0 Å². The molecule has 0 saturated heterocycles. The van der Waals surface area contributed by atoms with Crippen LogP contribution in [0.5, 0.6) is 5.75 Å². The second kappa shape index (κ2) is 5.44. The Bertz CT molecular complexity index is 783. The summed E-state index contributed by atoms with van der Waals surface area (Å²) < 4.78 is 6.11. The first kappa shape index (κ1) is 13.4. The van der Waals surface area contributed by atoms with Crippen LogP contribution in [0, 0.1) is 6.92 Å². The summed E-state index contributed by atoms with van der Waals surface area (Å²) in [6.07, 6.45) is -0.0820. The topological polar surface area (TPSA) is 48.1 Å². The Morgan fingerprint density at radius 3 is 2.67 bits per heavy atom. The molecule has 0 fully saturated rings. The van der Waals surface area contributed by atoms with E-state index in [9.17, 15) is 0 Å². The Morgan fingerprint density at radius 1 is 1.05 bits per heavy atom. The van der Waals surface area contributed by atoms with E-state index in [1.807, 2.05) is 62.4 Å². The SMILES string of the molecule is Cc1ccc2cccc(OC(C)c3cccc(N)c3)c2n1. The fourth-order valence-electron chi connectivity index (χ4n) is 2.38. The van der Waals surface area contributed by atoms with Gasteiger partial charge in [-0.25, -0.2) is 4.98 Å². The molecule has 0 amide bonds. The van der Waals surface area contributed by atoms with Gasteiger partial charge in [0, 0.05) is 16.8 Å². The minimum absolute atomic E-state index is 0.0820. The Balaban J connectivity index is 1.96. The summed E-state index contributed by atoms with van der Waals surface area (Å²) in [5.41, 5.74) is 9.51. The molecule has 106 valence electrons. The van der Waals surface area contributed by atoms with Crippen LogP contribution in [-0.4, -0.2) is 4.98 Å². The van der Waals surface area contributed by atoms with Crippen LogP contribution >= 0.6 is 0 Å². The fourth-order valence-corrected chi connectivity index (χ4v) is 2.38. The standard InChI is InChI=1S/C18H18N2O/c1-12-9-10-14-5-4-8-17(18(14)20-12)21-13(2)15-6-3-7-16(19)11-15/h3-11,13H,19H2,1-2H3. The molecule has 1 aromatic heterocycles. The fraction of sp³-hybridized carbons (Fsp3) is 0.167. The molecule has 1 atom stereocenters. The van der Waals surface area contributed by atoms with E-state index in [-0.39, 0.29) is 6.10 Å². The van der Waals surface area contributed by atoms with E-state index in [1.165, 1.54) is 0 Å². The molecule has 2 aromatic carbocycles. The number of anilines is 1. The normalized spacial score (nSPS) is 12.3. The number of nitrogens with zero attached hydrogens (tertiary/aromatic N) is 1. The molecule has 3 aromatic rings. The number of rotatable bonds is 3. The van der Waals surface area contributed by atoms with Crippen LogP contribution < -0.4 is 10.5 Å². The summed E-state index contributed by atoms with van der Waals surface area (Å²) in [5.74, 6) is 0.797. The van der Waals surface area contributed by atoms with Crippen molar-refractivity contribution in [2.45, 2.75) is 20.0 Å². The molecule has 0 saturated carbocycles. The van der Waals surface area contributed by atoms with Crippen LogP contribution in [0.1, 0.15) is 24.3 Å². The van der Waals surface area contributed by atoms with Crippen molar-refractivity contribution in [1.82, 2.24) is 4.98 Å². The zero-order chi connectivity index (χ0) is 14.8. The van der Waals surface area contributed by atoms with Crippen molar-refractivity contribution >= 4 is 16.6 Å². The van der Waals surface area contributed by atoms with Crippen LogP contribution in [-0.2, 0) is 0 Å². The van der Waals surface area contributed by atoms with Gasteiger partial charge < -0.3 is 10.5 Å². The van der Waals surface area contributed by atoms with Crippen molar-refractivity contribution in [2.75, 3.05) is 5.73 Å². The molecule has 3 nitrogen and oxygen atoms in total. The molecule has 0 radical (unpaired) electrons. The summed E-state index contributed by atoms with van der Waals surface area (Å²) in [4.78, 5) is 4.59. The first-order valence-corrected chi connectivity index (χ1v) is 7.02. The largest absolute Gasteiger partial charge is 0.484 e. The molecule has 0 aliphatic carbocycles. The van der Waals surface area contributed by atoms with Crippen molar-refractivity contribution in [1.29, 1.82) is 0 Å². The molecular weight excluding hydrogens is 260 g/mol. The number of pyridine rings is 1. The van der Waals surface area contributed by atoms with E-state index in [2.05, 4.69) is 11.1 Å². The van der Waals surface area contributed by atoms with Crippen LogP contribution in [0.3, 0.4) is 0 Å². The smallest absolute Gasteiger partial charge is 0.146 e. The zero-order valence-corrected chi connectivity index (χ0v) is 12.2. The lowest BCUT2D eigenvalue weighted by molar-refractivity contribution is 0.229. The highest BCUT2D eigenvalue weighted by molar-refractivity contribution is 5.84. The first-order chi connectivity index (χ1) is 10.1. The number of nitrogen functional groups attached to an aromatic ring is 1. The maximum absolute atomic E-state index is 6.11. The van der Waals surface area contributed by atoms with Crippen molar-refractivity contribution in [3.05, 3.63) is 65.9 Å². The van der Waals surface area contributed by atoms with Crippen LogP contribution in [0.15, 0.2) is 54.6 Å². The van der Waals surface area contributed by atoms with E-state index in [0.717, 1.165) is 33.6 Å². The summed E-state index contributed by atoms with van der Waals surface area (Å²) >= 11 is 0. The predicted octanol–water partition coefficient (Wildman–Crippen LogP) is 4.27. The van der Waals surface area contributed by atoms with Gasteiger partial charge in [0.25, 0.3) is 0 Å². The highest BCUT2D eigenvalue weighted by Crippen LogP contribution is 2.29. The third kappa shape index (κ3) is 2.82. The van der Waals surface area contributed by atoms with Gasteiger partial charge in [0.05, 0.1) is 0 Å². The number of benzene rings is 2. The zero-order valence-electron chi connectivity index (χ0n) is 12.2. The molecule has 0 spiro atoms. The molecule has 0 bridgehead atoms. The van der Waals surface area contributed by atoms with Gasteiger partial charge in [-0.15, -0.1) is 0 Å². The molecule has 3 rings (SSSR count). The average molecular weight is 278 g/mol. The van der Waals surface area contributed by atoms with E-state index >= 15 is 0 Å². The molecule has 3 heteroatoms. The van der Waals surface area contributed by atoms with Gasteiger partial charge in [-0.3, -0.25) is 0 Å². The molecule has 0 aliphatic heterocycles. The number of aryl methyl sites for hydroxylation is 1. The molecule has 1 unspecified atom stereocenters. The molecule has 1 heterocycles. The number of fused-ring (bicyclic) bond motifs is 1. The third-order valence-electron chi connectivity index (χ3n) is 3.51. The summed E-state index contributed by atoms with van der Waals surface area (Å²) in [6, 6.07) is 17.8. The second-order valence-electron chi connectivity index (χ2n) is 5.21. The maximum Gasteiger partial charge on any atom is 0.146 e. The lowest BCUT2D eigenvalue weighted by Crippen LogP contribution is -2.04. The van der Waals surface area contributed by atoms with E-state index in [1.54, 1.807) is 0 Å². The minimum Gasteiger partial charge on any atom is -0.484 e. The van der Waals surface area contributed by atoms with Gasteiger partial charge in [0.15, 0.2) is 0 Å². The van der Waals surface area contributed by atoms with Gasteiger partial charge in [0.2, 0.25) is 0 Å². The Hall–Kier alpha value is -2.55. The summed E-state index contributed by atoms with van der Waals surface area (Å²) in [6.45, 7) is 4.00. The molecule has 21 heavy (non-hydrogen) atoms. The van der Waals surface area contributed by atoms with Crippen molar-refractivity contribution in [3.63, 3.8) is 0 Å². The van der Waals surface area contributed by atoms with Gasteiger partial charge in [-0.05, 0) is 43.7 Å². The van der Waals surface area contributed by atoms with E-state index in [0.29, 0.717) is 0 Å². The quantitative estimate of drug-likeness (QED) is 0.728. The lowest BCUT2D eigenvalue weighted by Gasteiger charge is -2.16. The monoisotopic (exact) mass is 278 g/mol. The minimum atomic E-state index is -0.0820. The summed E-state index contributed by atoms with van der Waals surface area (Å²) in [7, 11) is 0. The highest BCUT2D eigenvalue weighted by Gasteiger charge is 2.10. The number of hydrogen-bond donors (Lipinski definition) is 1. The van der Waals surface area contributed by atoms with Gasteiger partial charge in [0.1, 0.15) is 17.4 Å². The first-order valence-electron chi connectivity index (χ1n) is 7.02. The summed E-state index contributed by atoms with van der Waals surface area (Å²) in [5, 5.41) is 1.08. The van der Waals surface area contributed by atoms with Gasteiger partial charge in [-0.2, -0.15) is 0 Å². The van der Waals surface area contributed by atoms with Crippen molar-refractivity contribution < 1.29 is 4.74 Å². The van der Waals surface area contributed by atoms with E-state index in [4.69, 9.17) is 10.5 Å². The maximum atomic E-state index is 6.11. The molecular formula is C18H18N2O. The van der Waals surface area contributed by atoms with Crippen LogP contribution in [0.4, 0.5) is 5.69 Å². The van der Waals surface area contributed by atoms with E-state index < -0.39 is 0 Å². The number of nitrogens with two attached hydrogens (primary N) is 1. The number of para-hydroxylation sites is 1. The van der Waals surface area contributed by atoms with Gasteiger partial charge >= 0.3 is 0 Å². The lowest BCUT2D eigenvalue weighted by atomic mass is 10.1. The molecule has 0 aliphatic rings. The Morgan fingerprint density at radius 2 is 1.86 bits per heavy atom.